The number of imidazole rings is 1. The normalized spacial score (nSPS) is 21.8. The summed E-state index contributed by atoms with van der Waals surface area (Å²) < 4.78 is 23.5. The van der Waals surface area contributed by atoms with Crippen LogP contribution in [0.4, 0.5) is 5.82 Å². The average Bonchev–Trinajstić information content (AvgIpc) is 3.31. The summed E-state index contributed by atoms with van der Waals surface area (Å²) in [7, 11) is 1.56. The van der Waals surface area contributed by atoms with E-state index >= 15 is 0 Å². The van der Waals surface area contributed by atoms with Crippen LogP contribution in [0.25, 0.3) is 11.2 Å². The van der Waals surface area contributed by atoms with Gasteiger partial charge >= 0.3 is 17.9 Å². The van der Waals surface area contributed by atoms with Gasteiger partial charge in [-0.2, -0.15) is 0 Å². The lowest BCUT2D eigenvalue weighted by Crippen LogP contribution is -2.40. The van der Waals surface area contributed by atoms with Crippen molar-refractivity contribution in [1.82, 2.24) is 19.5 Å². The van der Waals surface area contributed by atoms with E-state index in [1.807, 2.05) is 0 Å². The van der Waals surface area contributed by atoms with E-state index in [4.69, 9.17) is 18.9 Å². The van der Waals surface area contributed by atoms with E-state index in [2.05, 4.69) is 15.0 Å². The summed E-state index contributed by atoms with van der Waals surface area (Å²) in [5, 5.41) is 0.368. The van der Waals surface area contributed by atoms with Gasteiger partial charge in [0.2, 0.25) is 5.91 Å². The molecule has 0 aromatic carbocycles. The Hall–Kier alpha value is -3.26. The summed E-state index contributed by atoms with van der Waals surface area (Å²) >= 11 is 1.26. The Labute approximate surface area is 199 Å². The van der Waals surface area contributed by atoms with E-state index in [1.165, 1.54) is 55.3 Å². The van der Waals surface area contributed by atoms with Crippen LogP contribution in [0, 0.1) is 0 Å². The van der Waals surface area contributed by atoms with Crippen LogP contribution in [0.1, 0.15) is 33.9 Å². The van der Waals surface area contributed by atoms with Crippen LogP contribution in [0.5, 0.6) is 0 Å². The fraction of sp³-hybridized carbons (Fsp3) is 0.550. The molecule has 2 aromatic heterocycles. The number of amides is 1. The van der Waals surface area contributed by atoms with Gasteiger partial charge in [0, 0.05) is 34.7 Å². The monoisotopic (exact) mass is 495 g/mol. The fourth-order valence-corrected chi connectivity index (χ4v) is 3.81. The van der Waals surface area contributed by atoms with Gasteiger partial charge in [-0.1, -0.05) is 11.8 Å². The Morgan fingerprint density at radius 2 is 1.71 bits per heavy atom. The molecule has 3 rings (SSSR count). The van der Waals surface area contributed by atoms with E-state index in [-0.39, 0.29) is 18.3 Å². The number of rotatable bonds is 7. The predicted octanol–water partition coefficient (Wildman–Crippen LogP) is 0.855. The Balaban J connectivity index is 2.12. The van der Waals surface area contributed by atoms with Crippen molar-refractivity contribution in [1.29, 1.82) is 0 Å². The zero-order valence-corrected chi connectivity index (χ0v) is 20.3. The highest BCUT2D eigenvalue weighted by atomic mass is 32.2. The molecule has 0 radical (unpaired) electrons. The average molecular weight is 496 g/mol. The Morgan fingerprint density at radius 3 is 2.26 bits per heavy atom. The van der Waals surface area contributed by atoms with Crippen LogP contribution < -0.4 is 4.90 Å². The van der Waals surface area contributed by atoms with E-state index in [1.54, 1.807) is 13.3 Å². The number of hydrogen-bond donors (Lipinski definition) is 0. The van der Waals surface area contributed by atoms with E-state index in [9.17, 15) is 19.2 Å². The van der Waals surface area contributed by atoms with E-state index in [0.29, 0.717) is 16.3 Å². The molecule has 1 aliphatic heterocycles. The van der Waals surface area contributed by atoms with Crippen LogP contribution in [0.2, 0.25) is 0 Å². The molecular formula is C20H25N5O8S. The molecule has 1 saturated heterocycles. The molecule has 0 aliphatic carbocycles. The van der Waals surface area contributed by atoms with Gasteiger partial charge in [-0.3, -0.25) is 28.6 Å². The van der Waals surface area contributed by atoms with Gasteiger partial charge in [0.25, 0.3) is 0 Å². The molecule has 2 aromatic rings. The molecule has 0 unspecified atom stereocenters. The van der Waals surface area contributed by atoms with Gasteiger partial charge in [0.15, 0.2) is 40.6 Å². The van der Waals surface area contributed by atoms with Gasteiger partial charge in [-0.15, -0.1) is 0 Å². The summed E-state index contributed by atoms with van der Waals surface area (Å²) in [6.45, 7) is 4.80. The molecular weight excluding hydrogens is 470 g/mol. The lowest BCUT2D eigenvalue weighted by molar-refractivity contribution is -0.166. The quantitative estimate of drug-likeness (QED) is 0.232. The molecule has 0 saturated carbocycles. The van der Waals surface area contributed by atoms with Crippen LogP contribution in [0.3, 0.4) is 0 Å². The van der Waals surface area contributed by atoms with Crippen molar-refractivity contribution in [3.8, 4) is 0 Å². The third kappa shape index (κ3) is 5.28. The minimum Gasteiger partial charge on any atom is -0.463 e. The van der Waals surface area contributed by atoms with Crippen LogP contribution >= 0.6 is 11.8 Å². The van der Waals surface area contributed by atoms with E-state index < -0.39 is 42.4 Å². The number of fused-ring (bicyclic) bond motifs is 1. The number of anilines is 1. The number of thioether (sulfide) groups is 1. The van der Waals surface area contributed by atoms with Crippen molar-refractivity contribution < 1.29 is 38.1 Å². The van der Waals surface area contributed by atoms with Gasteiger partial charge in [-0.25, -0.2) is 15.0 Å². The van der Waals surface area contributed by atoms with E-state index in [0.717, 1.165) is 0 Å². The molecule has 4 atom stereocenters. The number of carbonyl (C=O) groups excluding carboxylic acids is 4. The Morgan fingerprint density at radius 1 is 1.06 bits per heavy atom. The molecule has 0 spiro atoms. The van der Waals surface area contributed by atoms with Crippen molar-refractivity contribution in [2.24, 2.45) is 0 Å². The number of ether oxygens (including phenoxy) is 4. The number of aromatic nitrogens is 4. The molecule has 1 fully saturated rings. The van der Waals surface area contributed by atoms with Gasteiger partial charge in [0.05, 0.1) is 6.33 Å². The molecule has 3 heterocycles. The topological polar surface area (TPSA) is 152 Å². The Bertz CT molecular complexity index is 1120. The van der Waals surface area contributed by atoms with Crippen molar-refractivity contribution in [3.05, 3.63) is 6.33 Å². The van der Waals surface area contributed by atoms with Gasteiger partial charge in [-0.05, 0) is 6.26 Å². The molecule has 184 valence electrons. The second-order valence-electron chi connectivity index (χ2n) is 7.45. The second kappa shape index (κ2) is 10.3. The zero-order valence-electron chi connectivity index (χ0n) is 19.5. The number of esters is 3. The molecule has 1 amide bonds. The third-order valence-electron chi connectivity index (χ3n) is 4.97. The van der Waals surface area contributed by atoms with Crippen LogP contribution in [-0.2, 0) is 38.1 Å². The highest BCUT2D eigenvalue weighted by Crippen LogP contribution is 2.37. The van der Waals surface area contributed by atoms with Gasteiger partial charge < -0.3 is 18.9 Å². The van der Waals surface area contributed by atoms with Crippen molar-refractivity contribution in [3.63, 3.8) is 0 Å². The lowest BCUT2D eigenvalue weighted by atomic mass is 10.1. The SMILES string of the molecule is CSc1nc(N(C)C(C)=O)c2ncn([C@@H]3O[C@H](COC(C)=O)[C@@H](OC(C)=O)[C@H]3OC(C)=O)c2n1. The first-order valence-corrected chi connectivity index (χ1v) is 11.4. The summed E-state index contributed by atoms with van der Waals surface area (Å²) in [5.41, 5.74) is 0.618. The Kier molecular flexibility index (Phi) is 7.71. The standard InChI is InChI=1S/C20H25N5O8S/c1-9(26)24(5)17-14-18(23-20(22-17)34-6)25(8-21-14)19-16(32-12(4)29)15(31-11(3)28)13(33-19)7-30-10(2)27/h8,13,15-16,19H,7H2,1-6H3/t13-,15-,16-,19-/m1/s1. The highest BCUT2D eigenvalue weighted by molar-refractivity contribution is 7.98. The zero-order chi connectivity index (χ0) is 25.2. The number of hydrogen-bond acceptors (Lipinski definition) is 12. The smallest absolute Gasteiger partial charge is 0.303 e. The number of nitrogens with zero attached hydrogens (tertiary/aromatic N) is 5. The minimum atomic E-state index is -1.10. The first-order chi connectivity index (χ1) is 16.0. The maximum atomic E-state index is 12.0. The van der Waals surface area contributed by atoms with Crippen molar-refractivity contribution >= 4 is 52.6 Å². The predicted molar refractivity (Wildman–Crippen MR) is 118 cm³/mol. The molecule has 14 heteroatoms. The fourth-order valence-electron chi connectivity index (χ4n) is 3.46. The van der Waals surface area contributed by atoms with Crippen molar-refractivity contribution in [2.45, 2.75) is 57.4 Å². The first-order valence-electron chi connectivity index (χ1n) is 10.2. The maximum absolute atomic E-state index is 12.0. The lowest BCUT2D eigenvalue weighted by Gasteiger charge is -2.24. The van der Waals surface area contributed by atoms with Gasteiger partial charge in [0.1, 0.15) is 12.7 Å². The highest BCUT2D eigenvalue weighted by Gasteiger charge is 2.51. The molecule has 0 N–H and O–H groups in total. The minimum absolute atomic E-state index is 0.239. The molecule has 34 heavy (non-hydrogen) atoms. The van der Waals surface area contributed by atoms with Crippen LogP contribution in [0.15, 0.2) is 11.5 Å². The third-order valence-corrected chi connectivity index (χ3v) is 5.52. The maximum Gasteiger partial charge on any atom is 0.303 e. The van der Waals surface area contributed by atoms with Crippen LogP contribution in [-0.4, -0.2) is 81.6 Å². The first kappa shape index (κ1) is 25.4. The number of carbonyl (C=O) groups is 4. The summed E-state index contributed by atoms with van der Waals surface area (Å²) in [4.78, 5) is 61.6. The molecule has 1 aliphatic rings. The summed E-state index contributed by atoms with van der Waals surface area (Å²) in [6.07, 6.45) is -0.940. The van der Waals surface area contributed by atoms with Crippen molar-refractivity contribution in [2.75, 3.05) is 24.8 Å². The summed E-state index contributed by atoms with van der Waals surface area (Å²) in [5.74, 6) is -1.79. The molecule has 13 nitrogen and oxygen atoms in total. The second-order valence-corrected chi connectivity index (χ2v) is 8.23. The largest absolute Gasteiger partial charge is 0.463 e. The summed E-state index contributed by atoms with van der Waals surface area (Å²) in [6, 6.07) is 0. The molecule has 0 bridgehead atoms.